The highest BCUT2D eigenvalue weighted by molar-refractivity contribution is 5.96. The van der Waals surface area contributed by atoms with E-state index in [2.05, 4.69) is 37.3 Å². The highest BCUT2D eigenvalue weighted by Crippen LogP contribution is 2.30. The summed E-state index contributed by atoms with van der Waals surface area (Å²) in [5.41, 5.74) is 4.73. The van der Waals surface area contributed by atoms with Gasteiger partial charge in [-0.2, -0.15) is 0 Å². The molecule has 2 nitrogen and oxygen atoms in total. The molecule has 0 radical (unpaired) electrons. The van der Waals surface area contributed by atoms with Gasteiger partial charge in [0, 0.05) is 12.1 Å². The second-order valence-corrected chi connectivity index (χ2v) is 5.10. The van der Waals surface area contributed by atoms with Crippen molar-refractivity contribution in [3.05, 3.63) is 65.2 Å². The topological polar surface area (TPSA) is 20.3 Å². The lowest BCUT2D eigenvalue weighted by Crippen LogP contribution is -2.34. The van der Waals surface area contributed by atoms with Gasteiger partial charge in [0.2, 0.25) is 5.91 Å². The van der Waals surface area contributed by atoms with E-state index in [0.717, 1.165) is 12.1 Å². The van der Waals surface area contributed by atoms with Crippen LogP contribution in [0.1, 0.15) is 23.1 Å². The van der Waals surface area contributed by atoms with E-state index in [4.69, 9.17) is 0 Å². The summed E-state index contributed by atoms with van der Waals surface area (Å²) < 4.78 is 0. The molecule has 1 amide bonds. The number of rotatable bonds is 2. The van der Waals surface area contributed by atoms with Crippen LogP contribution >= 0.6 is 0 Å². The average Bonchev–Trinajstić information content (AvgIpc) is 2.43. The van der Waals surface area contributed by atoms with Crippen molar-refractivity contribution in [2.45, 2.75) is 26.3 Å². The Balaban J connectivity index is 1.97. The van der Waals surface area contributed by atoms with E-state index in [1.807, 2.05) is 23.1 Å². The second kappa shape index (κ2) is 4.88. The summed E-state index contributed by atoms with van der Waals surface area (Å²) in [7, 11) is 0. The second-order valence-electron chi connectivity index (χ2n) is 5.10. The maximum Gasteiger partial charge on any atom is 0.227 e. The molecule has 0 bridgehead atoms. The average molecular weight is 251 g/mol. The van der Waals surface area contributed by atoms with Crippen molar-refractivity contribution in [1.82, 2.24) is 0 Å². The summed E-state index contributed by atoms with van der Waals surface area (Å²) in [5.74, 6) is 0.224. The van der Waals surface area contributed by atoms with Crippen LogP contribution in [0.4, 0.5) is 5.69 Å². The minimum Gasteiger partial charge on any atom is -0.308 e. The molecule has 1 heterocycles. The van der Waals surface area contributed by atoms with Crippen LogP contribution in [-0.2, 0) is 17.8 Å². The predicted octanol–water partition coefficient (Wildman–Crippen LogP) is 3.47. The van der Waals surface area contributed by atoms with Gasteiger partial charge in [-0.3, -0.25) is 4.79 Å². The minimum atomic E-state index is 0.224. The molecule has 0 saturated carbocycles. The number of hydrogen-bond donors (Lipinski definition) is 0. The number of anilines is 1. The molecule has 2 heteroatoms. The van der Waals surface area contributed by atoms with Crippen molar-refractivity contribution in [3.63, 3.8) is 0 Å². The van der Waals surface area contributed by atoms with Gasteiger partial charge in [0.15, 0.2) is 0 Å². The molecule has 3 rings (SSSR count). The first-order valence-electron chi connectivity index (χ1n) is 6.68. The molecule has 0 fully saturated rings. The number of nitrogens with zero attached hydrogens (tertiary/aromatic N) is 1. The van der Waals surface area contributed by atoms with Crippen LogP contribution in [0.3, 0.4) is 0 Å². The molecular weight excluding hydrogens is 234 g/mol. The number of hydrogen-bond acceptors (Lipinski definition) is 1. The van der Waals surface area contributed by atoms with E-state index in [9.17, 15) is 4.79 Å². The lowest BCUT2D eigenvalue weighted by Gasteiger charge is -2.30. The summed E-state index contributed by atoms with van der Waals surface area (Å²) in [6, 6.07) is 16.6. The lowest BCUT2D eigenvalue weighted by atomic mass is 9.99. The summed E-state index contributed by atoms with van der Waals surface area (Å²) in [6.07, 6.45) is 1.47. The van der Waals surface area contributed by atoms with E-state index in [-0.39, 0.29) is 5.91 Å². The summed E-state index contributed by atoms with van der Waals surface area (Å²) in [6.45, 7) is 2.73. The van der Waals surface area contributed by atoms with Gasteiger partial charge < -0.3 is 4.90 Å². The van der Waals surface area contributed by atoms with E-state index in [1.165, 1.54) is 16.7 Å². The maximum absolute atomic E-state index is 12.2. The quantitative estimate of drug-likeness (QED) is 0.800. The van der Waals surface area contributed by atoms with Gasteiger partial charge >= 0.3 is 0 Å². The van der Waals surface area contributed by atoms with Crippen LogP contribution in [0.25, 0.3) is 0 Å². The number of amides is 1. The molecule has 0 saturated heterocycles. The largest absolute Gasteiger partial charge is 0.308 e. The molecule has 0 N–H and O–H groups in total. The van der Waals surface area contributed by atoms with Gasteiger partial charge in [0.25, 0.3) is 0 Å². The third-order valence-corrected chi connectivity index (χ3v) is 3.62. The molecule has 1 aliphatic rings. The van der Waals surface area contributed by atoms with Crippen molar-refractivity contribution in [2.24, 2.45) is 0 Å². The first kappa shape index (κ1) is 12.0. The van der Waals surface area contributed by atoms with E-state index in [1.54, 1.807) is 0 Å². The molecule has 0 unspecified atom stereocenters. The van der Waals surface area contributed by atoms with Gasteiger partial charge in [0.1, 0.15) is 0 Å². The highest BCUT2D eigenvalue weighted by atomic mass is 16.2. The first-order valence-corrected chi connectivity index (χ1v) is 6.68. The summed E-state index contributed by atoms with van der Waals surface area (Å²) in [4.78, 5) is 14.1. The minimum absolute atomic E-state index is 0.224. The molecule has 2 aromatic carbocycles. The Hall–Kier alpha value is -2.09. The van der Waals surface area contributed by atoms with E-state index in [0.29, 0.717) is 13.0 Å². The fourth-order valence-corrected chi connectivity index (χ4v) is 2.59. The van der Waals surface area contributed by atoms with Gasteiger partial charge in [-0.25, -0.2) is 0 Å². The molecule has 96 valence electrons. The van der Waals surface area contributed by atoms with Crippen molar-refractivity contribution < 1.29 is 4.79 Å². The van der Waals surface area contributed by atoms with Crippen LogP contribution < -0.4 is 4.90 Å². The zero-order valence-electron chi connectivity index (χ0n) is 11.1. The fourth-order valence-electron chi connectivity index (χ4n) is 2.59. The highest BCUT2D eigenvalue weighted by Gasteiger charge is 2.23. The van der Waals surface area contributed by atoms with Crippen LogP contribution in [0.2, 0.25) is 0 Å². The standard InChI is InChI=1S/C17H17NO/c1-13-7-8-15-9-10-17(19)18(16(15)11-13)12-14-5-3-2-4-6-14/h2-8,11H,9-10,12H2,1H3. The SMILES string of the molecule is Cc1ccc2c(c1)N(Cc1ccccc1)C(=O)CC2. The number of carbonyl (C=O) groups excluding carboxylic acids is 1. The van der Waals surface area contributed by atoms with Crippen LogP contribution in [0.5, 0.6) is 0 Å². The Kier molecular flexibility index (Phi) is 3.08. The normalized spacial score (nSPS) is 14.4. The molecule has 0 aromatic heterocycles. The first-order chi connectivity index (χ1) is 9.24. The summed E-state index contributed by atoms with van der Waals surface area (Å²) in [5, 5.41) is 0. The van der Waals surface area contributed by atoms with Crippen LogP contribution in [0.15, 0.2) is 48.5 Å². The molecule has 1 aliphatic heterocycles. The Labute approximate surface area is 113 Å². The van der Waals surface area contributed by atoms with E-state index >= 15 is 0 Å². The monoisotopic (exact) mass is 251 g/mol. The smallest absolute Gasteiger partial charge is 0.227 e. The fraction of sp³-hybridized carbons (Fsp3) is 0.235. The Morgan fingerprint density at radius 3 is 2.63 bits per heavy atom. The number of carbonyl (C=O) groups is 1. The van der Waals surface area contributed by atoms with Crippen molar-refractivity contribution in [1.29, 1.82) is 0 Å². The maximum atomic E-state index is 12.2. The number of aryl methyl sites for hydroxylation is 2. The van der Waals surface area contributed by atoms with Gasteiger partial charge in [-0.05, 0) is 36.1 Å². The zero-order valence-corrected chi connectivity index (χ0v) is 11.1. The van der Waals surface area contributed by atoms with Crippen molar-refractivity contribution >= 4 is 11.6 Å². The lowest BCUT2D eigenvalue weighted by molar-refractivity contribution is -0.119. The van der Waals surface area contributed by atoms with Gasteiger partial charge in [-0.1, -0.05) is 42.5 Å². The zero-order chi connectivity index (χ0) is 13.2. The van der Waals surface area contributed by atoms with Crippen molar-refractivity contribution in [2.75, 3.05) is 4.90 Å². The van der Waals surface area contributed by atoms with Gasteiger partial charge in [-0.15, -0.1) is 0 Å². The third kappa shape index (κ3) is 2.39. The number of fused-ring (bicyclic) bond motifs is 1. The van der Waals surface area contributed by atoms with Gasteiger partial charge in [0.05, 0.1) is 6.54 Å². The van der Waals surface area contributed by atoms with Crippen LogP contribution in [0, 0.1) is 6.92 Å². The Bertz CT molecular complexity index is 604. The predicted molar refractivity (Wildman–Crippen MR) is 77.1 cm³/mol. The van der Waals surface area contributed by atoms with Crippen molar-refractivity contribution in [3.8, 4) is 0 Å². The molecule has 19 heavy (non-hydrogen) atoms. The molecular formula is C17H17NO. The molecule has 0 spiro atoms. The Morgan fingerprint density at radius 2 is 1.84 bits per heavy atom. The molecule has 2 aromatic rings. The summed E-state index contributed by atoms with van der Waals surface area (Å²) >= 11 is 0. The third-order valence-electron chi connectivity index (χ3n) is 3.62. The van der Waals surface area contributed by atoms with E-state index < -0.39 is 0 Å². The number of benzene rings is 2. The van der Waals surface area contributed by atoms with Crippen LogP contribution in [-0.4, -0.2) is 5.91 Å². The molecule has 0 aliphatic carbocycles. The molecule has 0 atom stereocenters. The Morgan fingerprint density at radius 1 is 1.05 bits per heavy atom.